The van der Waals surface area contributed by atoms with E-state index in [-0.39, 0.29) is 17.3 Å². The minimum atomic E-state index is -3.77. The Morgan fingerprint density at radius 2 is 1.85 bits per heavy atom. The van der Waals surface area contributed by atoms with Crippen LogP contribution in [0.2, 0.25) is 5.02 Å². The Labute approximate surface area is 165 Å². The number of rotatable bonds is 5. The van der Waals surface area contributed by atoms with Crippen molar-refractivity contribution < 1.29 is 13.2 Å². The fourth-order valence-electron chi connectivity index (χ4n) is 3.30. The number of piperidine rings is 1. The molecule has 2 heterocycles. The van der Waals surface area contributed by atoms with E-state index in [9.17, 15) is 13.2 Å². The SMILES string of the molecule is Cc1c(S(=O)(=O)NCc2ccccc2Cl)cc(C(=O)N2CCCCC2)n1C. The molecule has 1 fully saturated rings. The molecule has 1 aromatic heterocycles. The van der Waals surface area contributed by atoms with Crippen LogP contribution in [0.25, 0.3) is 0 Å². The van der Waals surface area contributed by atoms with Gasteiger partial charge in [-0.1, -0.05) is 29.8 Å². The molecule has 1 amide bonds. The zero-order valence-corrected chi connectivity index (χ0v) is 17.1. The van der Waals surface area contributed by atoms with Gasteiger partial charge in [0.25, 0.3) is 5.91 Å². The second kappa shape index (κ2) is 8.04. The lowest BCUT2D eigenvalue weighted by Gasteiger charge is -2.26. The second-order valence-electron chi connectivity index (χ2n) is 6.81. The molecule has 0 spiro atoms. The van der Waals surface area contributed by atoms with E-state index in [1.165, 1.54) is 6.07 Å². The third kappa shape index (κ3) is 4.20. The summed E-state index contributed by atoms with van der Waals surface area (Å²) in [7, 11) is -2.05. The summed E-state index contributed by atoms with van der Waals surface area (Å²) in [5, 5.41) is 0.506. The van der Waals surface area contributed by atoms with Crippen molar-refractivity contribution in [1.82, 2.24) is 14.2 Å². The van der Waals surface area contributed by atoms with Crippen molar-refractivity contribution in [2.24, 2.45) is 7.05 Å². The number of nitrogens with one attached hydrogen (secondary N) is 1. The summed E-state index contributed by atoms with van der Waals surface area (Å²) in [6.45, 7) is 3.23. The molecule has 1 N–H and O–H groups in total. The third-order valence-corrected chi connectivity index (χ3v) is 6.94. The molecule has 0 bridgehead atoms. The van der Waals surface area contributed by atoms with E-state index in [0.717, 1.165) is 32.4 Å². The van der Waals surface area contributed by atoms with E-state index in [1.807, 2.05) is 0 Å². The van der Waals surface area contributed by atoms with Crippen LogP contribution in [0.15, 0.2) is 35.2 Å². The zero-order chi connectivity index (χ0) is 19.6. The van der Waals surface area contributed by atoms with Crippen molar-refractivity contribution in [1.29, 1.82) is 0 Å². The summed E-state index contributed by atoms with van der Waals surface area (Å²) in [4.78, 5) is 14.7. The van der Waals surface area contributed by atoms with Gasteiger partial charge in [-0.25, -0.2) is 13.1 Å². The van der Waals surface area contributed by atoms with Gasteiger partial charge >= 0.3 is 0 Å². The minimum absolute atomic E-state index is 0.0890. The average molecular weight is 410 g/mol. The molecule has 0 atom stereocenters. The maximum absolute atomic E-state index is 12.8. The highest BCUT2D eigenvalue weighted by Crippen LogP contribution is 2.23. The van der Waals surface area contributed by atoms with Gasteiger partial charge in [-0.3, -0.25) is 4.79 Å². The van der Waals surface area contributed by atoms with Crippen LogP contribution in [0, 0.1) is 6.92 Å². The van der Waals surface area contributed by atoms with Crippen LogP contribution in [-0.4, -0.2) is 36.9 Å². The van der Waals surface area contributed by atoms with Gasteiger partial charge in [0.2, 0.25) is 10.0 Å². The Balaban J connectivity index is 1.83. The monoisotopic (exact) mass is 409 g/mol. The smallest absolute Gasteiger partial charge is 0.270 e. The second-order valence-corrected chi connectivity index (χ2v) is 8.95. The highest BCUT2D eigenvalue weighted by atomic mass is 35.5. The molecule has 6 nitrogen and oxygen atoms in total. The van der Waals surface area contributed by atoms with Crippen LogP contribution in [0.3, 0.4) is 0 Å². The number of amides is 1. The van der Waals surface area contributed by atoms with Crippen molar-refractivity contribution in [3.05, 3.63) is 52.3 Å². The number of carbonyl (C=O) groups is 1. The molecule has 0 saturated carbocycles. The predicted octanol–water partition coefficient (Wildman–Crippen LogP) is 3.09. The molecular formula is C19H24ClN3O3S. The number of benzene rings is 1. The summed E-state index contributed by atoms with van der Waals surface area (Å²) in [5.74, 6) is -0.118. The van der Waals surface area contributed by atoms with Crippen LogP contribution in [0.5, 0.6) is 0 Å². The first-order valence-electron chi connectivity index (χ1n) is 9.00. The van der Waals surface area contributed by atoms with Gasteiger partial charge in [0, 0.05) is 37.4 Å². The largest absolute Gasteiger partial charge is 0.343 e. The molecule has 0 unspecified atom stereocenters. The minimum Gasteiger partial charge on any atom is -0.343 e. The molecule has 1 aliphatic heterocycles. The lowest BCUT2D eigenvalue weighted by Crippen LogP contribution is -2.36. The lowest BCUT2D eigenvalue weighted by molar-refractivity contribution is 0.0714. The number of sulfonamides is 1. The van der Waals surface area contributed by atoms with Gasteiger partial charge < -0.3 is 9.47 Å². The Kier molecular flexibility index (Phi) is 5.93. The summed E-state index contributed by atoms with van der Waals surface area (Å²) in [6.07, 6.45) is 3.10. The van der Waals surface area contributed by atoms with Gasteiger partial charge in [0.05, 0.1) is 0 Å². The summed E-state index contributed by atoms with van der Waals surface area (Å²) < 4.78 is 29.9. The van der Waals surface area contributed by atoms with Crippen molar-refractivity contribution in [2.75, 3.05) is 13.1 Å². The zero-order valence-electron chi connectivity index (χ0n) is 15.5. The Morgan fingerprint density at radius 3 is 2.52 bits per heavy atom. The number of halogens is 1. The first-order chi connectivity index (χ1) is 12.8. The first-order valence-corrected chi connectivity index (χ1v) is 10.9. The molecule has 1 saturated heterocycles. The molecule has 27 heavy (non-hydrogen) atoms. The van der Waals surface area contributed by atoms with Crippen LogP contribution < -0.4 is 4.72 Å². The molecule has 146 valence electrons. The maximum atomic E-state index is 12.8. The van der Waals surface area contributed by atoms with E-state index < -0.39 is 10.0 Å². The average Bonchev–Trinajstić information content (AvgIpc) is 2.97. The predicted molar refractivity (Wildman–Crippen MR) is 105 cm³/mol. The van der Waals surface area contributed by atoms with Crippen LogP contribution in [-0.2, 0) is 23.6 Å². The van der Waals surface area contributed by atoms with Gasteiger partial charge in [-0.15, -0.1) is 0 Å². The maximum Gasteiger partial charge on any atom is 0.270 e. The molecule has 0 aliphatic carbocycles. The summed E-state index contributed by atoms with van der Waals surface area (Å²) >= 11 is 6.10. The van der Waals surface area contributed by atoms with E-state index >= 15 is 0 Å². The third-order valence-electron chi connectivity index (χ3n) is 5.05. The Morgan fingerprint density at radius 1 is 1.19 bits per heavy atom. The van der Waals surface area contributed by atoms with Crippen LogP contribution >= 0.6 is 11.6 Å². The molecule has 0 radical (unpaired) electrons. The highest BCUT2D eigenvalue weighted by molar-refractivity contribution is 7.89. The number of aromatic nitrogens is 1. The topological polar surface area (TPSA) is 71.4 Å². The van der Waals surface area contributed by atoms with Crippen molar-refractivity contribution in [2.45, 2.75) is 37.6 Å². The Bertz CT molecular complexity index is 947. The standard InChI is InChI=1S/C19H24ClN3O3S/c1-14-18(27(25,26)21-13-15-8-4-5-9-16(15)20)12-17(22(14)2)19(24)23-10-6-3-7-11-23/h4-5,8-9,12,21H,3,6-7,10-11,13H2,1-2H3. The fraction of sp³-hybridized carbons (Fsp3) is 0.421. The van der Waals surface area contributed by atoms with E-state index in [0.29, 0.717) is 22.0 Å². The fourth-order valence-corrected chi connectivity index (χ4v) is 4.80. The van der Waals surface area contributed by atoms with E-state index in [4.69, 9.17) is 11.6 Å². The number of likely N-dealkylation sites (tertiary alicyclic amines) is 1. The molecule has 1 aliphatic rings. The number of hydrogen-bond donors (Lipinski definition) is 1. The molecule has 8 heteroatoms. The van der Waals surface area contributed by atoms with Crippen molar-refractivity contribution >= 4 is 27.5 Å². The number of nitrogens with zero attached hydrogens (tertiary/aromatic N) is 2. The van der Waals surface area contributed by atoms with E-state index in [1.54, 1.807) is 47.7 Å². The quantitative estimate of drug-likeness (QED) is 0.824. The number of hydrogen-bond acceptors (Lipinski definition) is 3. The first kappa shape index (κ1) is 19.9. The van der Waals surface area contributed by atoms with Crippen molar-refractivity contribution in [3.63, 3.8) is 0 Å². The lowest BCUT2D eigenvalue weighted by atomic mass is 10.1. The van der Waals surface area contributed by atoms with Crippen LogP contribution in [0.4, 0.5) is 0 Å². The highest BCUT2D eigenvalue weighted by Gasteiger charge is 2.27. The molecule has 2 aromatic rings. The Hall–Kier alpha value is -1.83. The van der Waals surface area contributed by atoms with Crippen LogP contribution in [0.1, 0.15) is 41.0 Å². The van der Waals surface area contributed by atoms with E-state index in [2.05, 4.69) is 4.72 Å². The molecule has 1 aromatic carbocycles. The van der Waals surface area contributed by atoms with Gasteiger partial charge in [0.15, 0.2) is 0 Å². The number of carbonyl (C=O) groups excluding carboxylic acids is 1. The summed E-state index contributed by atoms with van der Waals surface area (Å²) in [5.41, 5.74) is 1.62. The van der Waals surface area contributed by atoms with Gasteiger partial charge in [-0.05, 0) is 43.9 Å². The molecular weight excluding hydrogens is 386 g/mol. The molecule has 3 rings (SSSR count). The van der Waals surface area contributed by atoms with Gasteiger partial charge in [-0.2, -0.15) is 0 Å². The summed E-state index contributed by atoms with van der Waals surface area (Å²) in [6, 6.07) is 8.56. The normalized spacial score (nSPS) is 15.1. The van der Waals surface area contributed by atoms with Crippen molar-refractivity contribution in [3.8, 4) is 0 Å². The van der Waals surface area contributed by atoms with Gasteiger partial charge in [0.1, 0.15) is 10.6 Å².